The maximum atomic E-state index is 13.6. The monoisotopic (exact) mass is 521 g/mol. The van der Waals surface area contributed by atoms with E-state index >= 15 is 0 Å². The van der Waals surface area contributed by atoms with Crippen molar-refractivity contribution < 1.29 is 31.1 Å². The molecule has 1 fully saturated rings. The third-order valence-corrected chi connectivity index (χ3v) is 6.76. The molecule has 4 rings (SSSR count). The van der Waals surface area contributed by atoms with Crippen molar-refractivity contribution in [1.82, 2.24) is 4.90 Å². The molecule has 197 valence electrons. The molecule has 1 atom stereocenters. The number of hydrogen-bond donors (Lipinski definition) is 0. The van der Waals surface area contributed by atoms with E-state index in [1.54, 1.807) is 24.3 Å². The number of ether oxygens (including phenoxy) is 1. The SMILES string of the molecule is [CH2]C(Cc1cc(C(F)(F)F)cc(C(F)(F)F)c1)(c1ccccc1OC)N1CCN(c2ccccc2)CC1. The van der Waals surface area contributed by atoms with Crippen LogP contribution in [0.5, 0.6) is 5.75 Å². The molecule has 0 aliphatic carbocycles. The first-order chi connectivity index (χ1) is 17.4. The average molecular weight is 522 g/mol. The standard InChI is InChI=1S/C28H27F6N2O/c1-26(24-10-6-7-11-25(24)37-2,36-14-12-35(13-15-36)23-8-4-3-5-9-23)19-20-16-21(27(29,30)31)18-22(17-20)28(32,33)34/h3-11,16-18H,1,12-15,19H2,2H3. The highest BCUT2D eigenvalue weighted by atomic mass is 19.4. The lowest BCUT2D eigenvalue weighted by Gasteiger charge is -2.47. The van der Waals surface area contributed by atoms with Crippen LogP contribution < -0.4 is 9.64 Å². The number of halogens is 6. The summed E-state index contributed by atoms with van der Waals surface area (Å²) in [5.41, 5.74) is -2.32. The summed E-state index contributed by atoms with van der Waals surface area (Å²) in [4.78, 5) is 4.20. The van der Waals surface area contributed by atoms with Gasteiger partial charge in [0.05, 0.1) is 23.8 Å². The van der Waals surface area contributed by atoms with Gasteiger partial charge in [0.1, 0.15) is 5.75 Å². The maximum absolute atomic E-state index is 13.6. The molecule has 0 saturated carbocycles. The van der Waals surface area contributed by atoms with Crippen LogP contribution in [-0.2, 0) is 24.3 Å². The first-order valence-corrected chi connectivity index (χ1v) is 11.7. The van der Waals surface area contributed by atoms with Crippen LogP contribution in [0.2, 0.25) is 0 Å². The highest BCUT2D eigenvalue weighted by Gasteiger charge is 2.41. The van der Waals surface area contributed by atoms with E-state index in [1.165, 1.54) is 7.11 Å². The van der Waals surface area contributed by atoms with Gasteiger partial charge in [-0.15, -0.1) is 0 Å². The largest absolute Gasteiger partial charge is 0.496 e. The minimum atomic E-state index is -4.93. The van der Waals surface area contributed by atoms with E-state index < -0.39 is 29.0 Å². The highest BCUT2D eigenvalue weighted by Crippen LogP contribution is 2.41. The highest BCUT2D eigenvalue weighted by molar-refractivity contribution is 5.47. The second-order valence-electron chi connectivity index (χ2n) is 9.13. The summed E-state index contributed by atoms with van der Waals surface area (Å²) in [6.07, 6.45) is -10.0. The van der Waals surface area contributed by atoms with Crippen molar-refractivity contribution in [2.75, 3.05) is 38.2 Å². The lowest BCUT2D eigenvalue weighted by molar-refractivity contribution is -0.143. The summed E-state index contributed by atoms with van der Waals surface area (Å²) in [6.45, 7) is 6.65. The number of nitrogens with zero attached hydrogens (tertiary/aromatic N) is 2. The predicted molar refractivity (Wildman–Crippen MR) is 130 cm³/mol. The van der Waals surface area contributed by atoms with Gasteiger partial charge >= 0.3 is 12.4 Å². The number of para-hydroxylation sites is 2. The van der Waals surface area contributed by atoms with Crippen LogP contribution in [-0.4, -0.2) is 38.2 Å². The lowest BCUT2D eigenvalue weighted by Crippen LogP contribution is -2.55. The molecule has 37 heavy (non-hydrogen) atoms. The van der Waals surface area contributed by atoms with Crippen LogP contribution in [0.1, 0.15) is 22.3 Å². The van der Waals surface area contributed by atoms with E-state index in [4.69, 9.17) is 4.74 Å². The van der Waals surface area contributed by atoms with E-state index in [9.17, 15) is 26.3 Å². The molecule has 9 heteroatoms. The molecular weight excluding hydrogens is 494 g/mol. The van der Waals surface area contributed by atoms with Crippen molar-refractivity contribution in [3.63, 3.8) is 0 Å². The van der Waals surface area contributed by atoms with E-state index in [-0.39, 0.29) is 18.1 Å². The Morgan fingerprint density at radius 1 is 0.757 bits per heavy atom. The molecular formula is C28H27F6N2O. The van der Waals surface area contributed by atoms with Gasteiger partial charge in [0.25, 0.3) is 0 Å². The zero-order chi connectivity index (χ0) is 26.8. The molecule has 1 heterocycles. The molecule has 0 N–H and O–H groups in total. The lowest BCUT2D eigenvalue weighted by atomic mass is 9.82. The van der Waals surface area contributed by atoms with Gasteiger partial charge < -0.3 is 9.64 Å². The third kappa shape index (κ3) is 5.87. The Hall–Kier alpha value is -3.20. The number of anilines is 1. The molecule has 1 saturated heterocycles. The summed E-state index contributed by atoms with van der Waals surface area (Å²) in [5.74, 6) is 0.464. The molecule has 0 spiro atoms. The average Bonchev–Trinajstić information content (AvgIpc) is 2.88. The first-order valence-electron chi connectivity index (χ1n) is 11.7. The Kier molecular flexibility index (Phi) is 7.46. The van der Waals surface area contributed by atoms with Gasteiger partial charge in [0, 0.05) is 37.4 Å². The molecule has 0 amide bonds. The predicted octanol–water partition coefficient (Wildman–Crippen LogP) is 6.83. The second kappa shape index (κ2) is 10.3. The minimum absolute atomic E-state index is 0.103. The topological polar surface area (TPSA) is 15.7 Å². The molecule has 1 aliphatic rings. The fourth-order valence-corrected chi connectivity index (χ4v) is 4.90. The summed E-state index contributed by atoms with van der Waals surface area (Å²) in [6, 6.07) is 18.5. The zero-order valence-corrected chi connectivity index (χ0v) is 20.2. The van der Waals surface area contributed by atoms with Gasteiger partial charge in [-0.05, 0) is 55.3 Å². The van der Waals surface area contributed by atoms with Crippen LogP contribution in [0.4, 0.5) is 32.0 Å². The molecule has 1 aliphatic heterocycles. The van der Waals surface area contributed by atoms with Gasteiger partial charge in [0.15, 0.2) is 0 Å². The van der Waals surface area contributed by atoms with Crippen molar-refractivity contribution >= 4 is 5.69 Å². The first kappa shape index (κ1) is 26.9. The number of piperazine rings is 1. The molecule has 1 unspecified atom stereocenters. The fraction of sp³-hybridized carbons (Fsp3) is 0.321. The molecule has 1 radical (unpaired) electrons. The number of rotatable bonds is 6. The van der Waals surface area contributed by atoms with Crippen LogP contribution in [0, 0.1) is 6.92 Å². The number of benzene rings is 3. The second-order valence-corrected chi connectivity index (χ2v) is 9.13. The van der Waals surface area contributed by atoms with E-state index in [0.29, 0.717) is 37.5 Å². The minimum Gasteiger partial charge on any atom is -0.496 e. The number of hydrogen-bond acceptors (Lipinski definition) is 3. The Morgan fingerprint density at radius 2 is 1.30 bits per heavy atom. The Bertz CT molecular complexity index is 1170. The molecule has 3 aromatic rings. The van der Waals surface area contributed by atoms with Crippen molar-refractivity contribution in [2.24, 2.45) is 0 Å². The van der Waals surface area contributed by atoms with Gasteiger partial charge in [-0.2, -0.15) is 26.3 Å². The Balaban J connectivity index is 1.74. The fourth-order valence-electron chi connectivity index (χ4n) is 4.90. The van der Waals surface area contributed by atoms with Crippen LogP contribution in [0.3, 0.4) is 0 Å². The third-order valence-electron chi connectivity index (χ3n) is 6.76. The Labute approximate surface area is 212 Å². The summed E-state index contributed by atoms with van der Waals surface area (Å²) in [7, 11) is 1.47. The molecule has 0 aromatic heterocycles. The number of methoxy groups -OCH3 is 1. The smallest absolute Gasteiger partial charge is 0.416 e. The Morgan fingerprint density at radius 3 is 1.84 bits per heavy atom. The van der Waals surface area contributed by atoms with Crippen molar-refractivity contribution in [2.45, 2.75) is 24.3 Å². The quantitative estimate of drug-likeness (QED) is 0.331. The van der Waals surface area contributed by atoms with Gasteiger partial charge in [-0.1, -0.05) is 36.4 Å². The van der Waals surface area contributed by atoms with E-state index in [2.05, 4.69) is 11.8 Å². The zero-order valence-electron chi connectivity index (χ0n) is 20.2. The van der Waals surface area contributed by atoms with Gasteiger partial charge in [0.2, 0.25) is 0 Å². The summed E-state index contributed by atoms with van der Waals surface area (Å²) in [5, 5.41) is 0. The summed E-state index contributed by atoms with van der Waals surface area (Å²) < 4.78 is 86.8. The normalized spacial score (nSPS) is 16.9. The van der Waals surface area contributed by atoms with Gasteiger partial charge in [-0.25, -0.2) is 0 Å². The molecule has 3 nitrogen and oxygen atoms in total. The molecule has 3 aromatic carbocycles. The summed E-state index contributed by atoms with van der Waals surface area (Å²) >= 11 is 0. The van der Waals surface area contributed by atoms with Crippen LogP contribution in [0.15, 0.2) is 72.8 Å². The van der Waals surface area contributed by atoms with Crippen molar-refractivity contribution in [3.05, 3.63) is 102 Å². The number of alkyl halides is 6. The van der Waals surface area contributed by atoms with E-state index in [1.807, 2.05) is 35.2 Å². The van der Waals surface area contributed by atoms with Crippen LogP contribution >= 0.6 is 0 Å². The maximum Gasteiger partial charge on any atom is 0.416 e. The molecule has 0 bridgehead atoms. The van der Waals surface area contributed by atoms with Crippen LogP contribution in [0.25, 0.3) is 0 Å². The van der Waals surface area contributed by atoms with Gasteiger partial charge in [-0.3, -0.25) is 4.90 Å². The van der Waals surface area contributed by atoms with Crippen molar-refractivity contribution in [3.8, 4) is 5.75 Å². The van der Waals surface area contributed by atoms with E-state index in [0.717, 1.165) is 17.8 Å². The van der Waals surface area contributed by atoms with Crippen molar-refractivity contribution in [1.29, 1.82) is 0 Å².